The van der Waals surface area contributed by atoms with Crippen molar-refractivity contribution in [2.45, 2.75) is 19.4 Å². The topological polar surface area (TPSA) is 26.0 Å². The molecule has 1 aromatic carbocycles. The molecule has 0 saturated carbocycles. The number of nitrogens with two attached hydrogens (primary N) is 1. The first-order valence-electron chi connectivity index (χ1n) is 3.75. The predicted octanol–water partition coefficient (Wildman–Crippen LogP) is 3.17. The van der Waals surface area contributed by atoms with Gasteiger partial charge in [0.25, 0.3) is 0 Å². The second-order valence-corrected chi connectivity index (χ2v) is 3.00. The second-order valence-electron chi connectivity index (χ2n) is 2.57. The Morgan fingerprint density at radius 2 is 1.83 bits per heavy atom. The van der Waals surface area contributed by atoms with Crippen molar-refractivity contribution in [3.05, 3.63) is 34.9 Å². The summed E-state index contributed by atoms with van der Waals surface area (Å²) < 4.78 is 0. The van der Waals surface area contributed by atoms with Gasteiger partial charge in [-0.15, -0.1) is 12.4 Å². The van der Waals surface area contributed by atoms with Crippen LogP contribution in [0.3, 0.4) is 0 Å². The average molecular weight is 206 g/mol. The molecule has 0 amide bonds. The molecular formula is C9H13Cl2N. The monoisotopic (exact) mass is 205 g/mol. The highest BCUT2D eigenvalue weighted by atomic mass is 35.5. The van der Waals surface area contributed by atoms with E-state index in [1.165, 1.54) is 0 Å². The molecule has 0 heterocycles. The van der Waals surface area contributed by atoms with Crippen LogP contribution in [0.2, 0.25) is 5.02 Å². The Morgan fingerprint density at radius 1 is 1.33 bits per heavy atom. The summed E-state index contributed by atoms with van der Waals surface area (Å²) in [5.74, 6) is 0. The Kier molecular flexibility index (Phi) is 5.31. The molecule has 1 aromatic rings. The molecule has 0 saturated heterocycles. The van der Waals surface area contributed by atoms with Crippen LogP contribution in [0, 0.1) is 0 Å². The van der Waals surface area contributed by atoms with Gasteiger partial charge >= 0.3 is 0 Å². The lowest BCUT2D eigenvalue weighted by atomic mass is 10.1. The lowest BCUT2D eigenvalue weighted by Gasteiger charge is -2.07. The van der Waals surface area contributed by atoms with Gasteiger partial charge in [-0.2, -0.15) is 0 Å². The molecule has 1 nitrogen and oxygen atoms in total. The van der Waals surface area contributed by atoms with Gasteiger partial charge in [-0.1, -0.05) is 30.7 Å². The minimum Gasteiger partial charge on any atom is -0.324 e. The van der Waals surface area contributed by atoms with Crippen LogP contribution in [0.25, 0.3) is 0 Å². The molecule has 1 unspecified atom stereocenters. The Balaban J connectivity index is 0.00000121. The normalized spacial score (nSPS) is 11.9. The lowest BCUT2D eigenvalue weighted by molar-refractivity contribution is 0.699. The van der Waals surface area contributed by atoms with Crippen molar-refractivity contribution in [2.75, 3.05) is 0 Å². The quantitative estimate of drug-likeness (QED) is 0.790. The molecule has 0 aromatic heterocycles. The minimum absolute atomic E-state index is 0. The predicted molar refractivity (Wildman–Crippen MR) is 55.9 cm³/mol. The number of hydrogen-bond donors (Lipinski definition) is 1. The molecule has 12 heavy (non-hydrogen) atoms. The summed E-state index contributed by atoms with van der Waals surface area (Å²) in [5, 5.41) is 0.761. The fourth-order valence-electron chi connectivity index (χ4n) is 0.946. The maximum absolute atomic E-state index is 5.80. The van der Waals surface area contributed by atoms with E-state index in [2.05, 4.69) is 6.92 Å². The highest BCUT2D eigenvalue weighted by molar-refractivity contribution is 6.30. The third kappa shape index (κ3) is 3.02. The van der Waals surface area contributed by atoms with E-state index in [9.17, 15) is 0 Å². The molecule has 1 rings (SSSR count). The lowest BCUT2D eigenvalue weighted by Crippen LogP contribution is -2.07. The van der Waals surface area contributed by atoms with Gasteiger partial charge in [0.2, 0.25) is 0 Å². The van der Waals surface area contributed by atoms with Crippen LogP contribution >= 0.6 is 24.0 Å². The molecule has 2 N–H and O–H groups in total. The molecule has 0 spiro atoms. The van der Waals surface area contributed by atoms with Crippen molar-refractivity contribution in [1.29, 1.82) is 0 Å². The van der Waals surface area contributed by atoms with Crippen LogP contribution in [-0.4, -0.2) is 0 Å². The van der Waals surface area contributed by atoms with Gasteiger partial charge in [0, 0.05) is 11.1 Å². The van der Waals surface area contributed by atoms with Crippen LogP contribution in [-0.2, 0) is 0 Å². The van der Waals surface area contributed by atoms with Gasteiger partial charge in [-0.3, -0.25) is 0 Å². The summed E-state index contributed by atoms with van der Waals surface area (Å²) in [6.07, 6.45) is 0.960. The van der Waals surface area contributed by atoms with Gasteiger partial charge in [0.1, 0.15) is 0 Å². The number of halogens is 2. The molecule has 68 valence electrons. The Labute approximate surface area is 84.3 Å². The van der Waals surface area contributed by atoms with E-state index in [1.54, 1.807) is 0 Å². The first-order chi connectivity index (χ1) is 5.24. The Hall–Kier alpha value is -0.240. The molecule has 0 bridgehead atoms. The SMILES string of the molecule is CCC(N)c1ccc(Cl)cc1.Cl. The van der Waals surface area contributed by atoms with E-state index >= 15 is 0 Å². The van der Waals surface area contributed by atoms with Crippen LogP contribution in [0.15, 0.2) is 24.3 Å². The van der Waals surface area contributed by atoms with E-state index in [4.69, 9.17) is 17.3 Å². The van der Waals surface area contributed by atoms with E-state index < -0.39 is 0 Å². The zero-order valence-electron chi connectivity index (χ0n) is 6.96. The van der Waals surface area contributed by atoms with Crippen LogP contribution in [0.1, 0.15) is 24.9 Å². The fraction of sp³-hybridized carbons (Fsp3) is 0.333. The van der Waals surface area contributed by atoms with Crippen molar-refractivity contribution in [1.82, 2.24) is 0 Å². The van der Waals surface area contributed by atoms with Crippen molar-refractivity contribution in [2.24, 2.45) is 5.73 Å². The standard InChI is InChI=1S/C9H12ClN.ClH/c1-2-9(11)7-3-5-8(10)6-4-7;/h3-6,9H,2,11H2,1H3;1H. The van der Waals surface area contributed by atoms with E-state index in [0.29, 0.717) is 0 Å². The van der Waals surface area contributed by atoms with Crippen molar-refractivity contribution < 1.29 is 0 Å². The van der Waals surface area contributed by atoms with Gasteiger partial charge in [0.05, 0.1) is 0 Å². The largest absolute Gasteiger partial charge is 0.324 e. The van der Waals surface area contributed by atoms with Crippen LogP contribution < -0.4 is 5.73 Å². The summed E-state index contributed by atoms with van der Waals surface area (Å²) in [4.78, 5) is 0. The molecule has 0 aliphatic heterocycles. The second kappa shape index (κ2) is 5.41. The average Bonchev–Trinajstić information content (AvgIpc) is 2.05. The minimum atomic E-state index is 0. The summed E-state index contributed by atoms with van der Waals surface area (Å²) in [5.41, 5.74) is 6.95. The molecule has 3 heteroatoms. The van der Waals surface area contributed by atoms with Gasteiger partial charge in [-0.25, -0.2) is 0 Å². The third-order valence-electron chi connectivity index (χ3n) is 1.74. The molecule has 0 radical (unpaired) electrons. The van der Waals surface area contributed by atoms with Crippen LogP contribution in [0.5, 0.6) is 0 Å². The summed E-state index contributed by atoms with van der Waals surface area (Å²) in [6, 6.07) is 7.82. The molecule has 1 atom stereocenters. The zero-order chi connectivity index (χ0) is 8.27. The van der Waals surface area contributed by atoms with Gasteiger partial charge < -0.3 is 5.73 Å². The zero-order valence-corrected chi connectivity index (χ0v) is 8.53. The van der Waals surface area contributed by atoms with Crippen LogP contribution in [0.4, 0.5) is 0 Å². The highest BCUT2D eigenvalue weighted by Gasteiger charge is 2.00. The molecule has 0 aliphatic carbocycles. The number of rotatable bonds is 2. The molecular weight excluding hydrogens is 193 g/mol. The summed E-state index contributed by atoms with van der Waals surface area (Å²) >= 11 is 5.72. The first-order valence-corrected chi connectivity index (χ1v) is 4.13. The number of benzene rings is 1. The summed E-state index contributed by atoms with van der Waals surface area (Å²) in [7, 11) is 0. The molecule has 0 aliphatic rings. The maximum Gasteiger partial charge on any atom is 0.0406 e. The Morgan fingerprint density at radius 3 is 2.25 bits per heavy atom. The molecule has 0 fully saturated rings. The fourth-order valence-corrected chi connectivity index (χ4v) is 1.07. The van der Waals surface area contributed by atoms with Gasteiger partial charge in [-0.05, 0) is 24.1 Å². The highest BCUT2D eigenvalue weighted by Crippen LogP contribution is 2.16. The van der Waals surface area contributed by atoms with E-state index in [-0.39, 0.29) is 18.4 Å². The smallest absolute Gasteiger partial charge is 0.0406 e. The summed E-state index contributed by atoms with van der Waals surface area (Å²) in [6.45, 7) is 2.07. The van der Waals surface area contributed by atoms with Crippen molar-refractivity contribution >= 4 is 24.0 Å². The first kappa shape index (κ1) is 11.8. The van der Waals surface area contributed by atoms with E-state index in [0.717, 1.165) is 17.0 Å². The van der Waals surface area contributed by atoms with E-state index in [1.807, 2.05) is 24.3 Å². The van der Waals surface area contributed by atoms with Gasteiger partial charge in [0.15, 0.2) is 0 Å². The Bertz CT molecular complexity index is 220. The third-order valence-corrected chi connectivity index (χ3v) is 1.99. The maximum atomic E-state index is 5.80. The van der Waals surface area contributed by atoms with Crippen molar-refractivity contribution in [3.8, 4) is 0 Å². The van der Waals surface area contributed by atoms with Crippen molar-refractivity contribution in [3.63, 3.8) is 0 Å². The number of hydrogen-bond acceptors (Lipinski definition) is 1.